The number of fused-ring (bicyclic) bond motifs is 1. The van der Waals surface area contributed by atoms with Gasteiger partial charge in [0, 0.05) is 31.0 Å². The molecule has 6 heteroatoms. The average Bonchev–Trinajstić information content (AvgIpc) is 2.49. The van der Waals surface area contributed by atoms with Crippen LogP contribution in [0.5, 0.6) is 11.5 Å². The Morgan fingerprint density at radius 2 is 2.00 bits per heavy atom. The number of pyridine rings is 1. The molecule has 0 unspecified atom stereocenters. The zero-order chi connectivity index (χ0) is 13.9. The van der Waals surface area contributed by atoms with E-state index in [0.717, 1.165) is 24.2 Å². The minimum absolute atomic E-state index is 0. The van der Waals surface area contributed by atoms with Crippen LogP contribution in [0.25, 0.3) is 0 Å². The van der Waals surface area contributed by atoms with Crippen LogP contribution >= 0.6 is 17.0 Å². The second-order valence-corrected chi connectivity index (χ2v) is 4.77. The molecule has 112 valence electrons. The van der Waals surface area contributed by atoms with Crippen LogP contribution in [0.2, 0.25) is 0 Å². The molecule has 1 aliphatic rings. The molecule has 1 aliphatic heterocycles. The van der Waals surface area contributed by atoms with Gasteiger partial charge in [-0.1, -0.05) is 6.07 Å². The Bertz CT molecular complexity index is 607. The number of phenolic OH excluding ortho intramolecular Hbond substituents is 1. The van der Waals surface area contributed by atoms with Crippen molar-refractivity contribution in [2.24, 2.45) is 0 Å². The quantitative estimate of drug-likeness (QED) is 0.890. The van der Waals surface area contributed by atoms with Gasteiger partial charge in [0.25, 0.3) is 0 Å². The number of anilines is 1. The smallest absolute Gasteiger partial charge is 0.162 e. The molecule has 5 nitrogen and oxygen atoms in total. The van der Waals surface area contributed by atoms with Gasteiger partial charge in [-0.2, -0.15) is 0 Å². The first-order valence-electron chi connectivity index (χ1n) is 6.57. The van der Waals surface area contributed by atoms with Crippen molar-refractivity contribution >= 4 is 22.7 Å². The summed E-state index contributed by atoms with van der Waals surface area (Å²) in [5.74, 6) is 0.765. The second-order valence-electron chi connectivity index (χ2n) is 4.77. The number of nitrogens with one attached hydrogen (secondary N) is 1. The van der Waals surface area contributed by atoms with Crippen molar-refractivity contribution in [3.05, 3.63) is 47.8 Å². The van der Waals surface area contributed by atoms with Gasteiger partial charge in [0.05, 0.1) is 12.8 Å². The number of halogens is 1. The third-order valence-corrected chi connectivity index (χ3v) is 3.53. The van der Waals surface area contributed by atoms with E-state index in [0.29, 0.717) is 12.3 Å². The molecule has 0 aliphatic carbocycles. The summed E-state index contributed by atoms with van der Waals surface area (Å²) in [6, 6.07) is 7.68. The van der Waals surface area contributed by atoms with Gasteiger partial charge < -0.3 is 15.3 Å². The van der Waals surface area contributed by atoms with Crippen LogP contribution in [0.3, 0.4) is 0 Å². The fourth-order valence-electron chi connectivity index (χ4n) is 2.46. The van der Waals surface area contributed by atoms with Crippen LogP contribution in [-0.4, -0.2) is 28.8 Å². The van der Waals surface area contributed by atoms with Gasteiger partial charge in [0.2, 0.25) is 0 Å². The van der Waals surface area contributed by atoms with Gasteiger partial charge in [0.15, 0.2) is 11.5 Å². The van der Waals surface area contributed by atoms with E-state index < -0.39 is 0 Å². The summed E-state index contributed by atoms with van der Waals surface area (Å²) in [5, 5.41) is 12.3. The molecule has 0 radical (unpaired) electrons. The van der Waals surface area contributed by atoms with Crippen molar-refractivity contribution in [3.8, 4) is 11.5 Å². The number of hydrogen-bond acceptors (Lipinski definition) is 5. The highest BCUT2D eigenvalue weighted by Crippen LogP contribution is 2.35. The van der Waals surface area contributed by atoms with Gasteiger partial charge in [0.1, 0.15) is 0 Å². The first kappa shape index (κ1) is 15.6. The molecule has 0 amide bonds. The van der Waals surface area contributed by atoms with Gasteiger partial charge in [-0.25, -0.2) is 5.01 Å². The van der Waals surface area contributed by atoms with Crippen molar-refractivity contribution in [1.29, 1.82) is 0 Å². The lowest BCUT2D eigenvalue weighted by atomic mass is 9.99. The maximum absolute atomic E-state index is 10.2. The van der Waals surface area contributed by atoms with Gasteiger partial charge in [-0.3, -0.25) is 4.98 Å². The predicted octanol–water partition coefficient (Wildman–Crippen LogP) is 2.76. The summed E-state index contributed by atoms with van der Waals surface area (Å²) >= 11 is 0. The zero-order valence-corrected chi connectivity index (χ0v) is 13.5. The summed E-state index contributed by atoms with van der Waals surface area (Å²) in [6.07, 6.45) is 4.40. The number of rotatable bonds is 3. The molecule has 2 heterocycles. The number of hydrogen-bond donors (Lipinski definition) is 2. The standard InChI is InChI=1S/C15H17N3O2.BrH/c1-20-14-3-2-11-6-9-18(10-13(11)15(14)19)17-12-4-7-16-8-5-12;/h2-5,7-8,19H,6,9-10H2,1H3,(H,16,17);1H. The molecular weight excluding hydrogens is 334 g/mol. The van der Waals surface area contributed by atoms with Crippen LogP contribution in [0, 0.1) is 0 Å². The Morgan fingerprint density at radius 1 is 1.24 bits per heavy atom. The van der Waals surface area contributed by atoms with Crippen molar-refractivity contribution in [1.82, 2.24) is 9.99 Å². The average molecular weight is 352 g/mol. The molecule has 0 bridgehead atoms. The van der Waals surface area contributed by atoms with Gasteiger partial charge >= 0.3 is 0 Å². The summed E-state index contributed by atoms with van der Waals surface area (Å²) < 4.78 is 5.17. The van der Waals surface area contributed by atoms with Gasteiger partial charge in [-0.15, -0.1) is 17.0 Å². The first-order valence-corrected chi connectivity index (χ1v) is 6.57. The minimum atomic E-state index is 0. The van der Waals surface area contributed by atoms with Gasteiger partial charge in [-0.05, 0) is 30.2 Å². The molecule has 0 saturated carbocycles. The molecule has 0 spiro atoms. The van der Waals surface area contributed by atoms with E-state index in [4.69, 9.17) is 4.74 Å². The van der Waals surface area contributed by atoms with E-state index >= 15 is 0 Å². The molecule has 1 aromatic heterocycles. The number of phenols is 1. The molecular formula is C15H18BrN3O2. The number of benzene rings is 1. The van der Waals surface area contributed by atoms with Crippen LogP contribution in [0.1, 0.15) is 11.1 Å². The SMILES string of the molecule is Br.COc1ccc2c(c1O)CN(Nc1ccncc1)CC2. The topological polar surface area (TPSA) is 57.6 Å². The Balaban J connectivity index is 0.00000161. The Morgan fingerprint density at radius 3 is 2.71 bits per heavy atom. The summed E-state index contributed by atoms with van der Waals surface area (Å²) in [4.78, 5) is 4.00. The monoisotopic (exact) mass is 351 g/mol. The summed E-state index contributed by atoms with van der Waals surface area (Å²) in [5.41, 5.74) is 6.42. The Hall–Kier alpha value is -1.79. The molecule has 0 fully saturated rings. The van der Waals surface area contributed by atoms with Crippen LogP contribution in [-0.2, 0) is 13.0 Å². The van der Waals surface area contributed by atoms with Crippen LogP contribution < -0.4 is 10.2 Å². The molecule has 2 N–H and O–H groups in total. The van der Waals surface area contributed by atoms with Crippen molar-refractivity contribution in [3.63, 3.8) is 0 Å². The molecule has 3 rings (SSSR count). The number of aromatic hydroxyl groups is 1. The number of ether oxygens (including phenoxy) is 1. The Labute approximate surface area is 134 Å². The van der Waals surface area contributed by atoms with Crippen LogP contribution in [0.15, 0.2) is 36.7 Å². The maximum Gasteiger partial charge on any atom is 0.162 e. The van der Waals surface area contributed by atoms with E-state index in [1.165, 1.54) is 5.56 Å². The van der Waals surface area contributed by atoms with Crippen LogP contribution in [0.4, 0.5) is 5.69 Å². The summed E-state index contributed by atoms with van der Waals surface area (Å²) in [6.45, 7) is 1.53. The van der Waals surface area contributed by atoms with E-state index in [9.17, 15) is 5.11 Å². The zero-order valence-electron chi connectivity index (χ0n) is 11.7. The third kappa shape index (κ3) is 3.28. The molecule has 0 atom stereocenters. The fraction of sp³-hybridized carbons (Fsp3) is 0.267. The van der Waals surface area contributed by atoms with Crippen molar-refractivity contribution in [2.75, 3.05) is 19.1 Å². The molecule has 21 heavy (non-hydrogen) atoms. The highest BCUT2D eigenvalue weighted by molar-refractivity contribution is 8.93. The number of nitrogens with zero attached hydrogens (tertiary/aromatic N) is 2. The summed E-state index contributed by atoms with van der Waals surface area (Å²) in [7, 11) is 1.57. The normalized spacial score (nSPS) is 14.0. The molecule has 2 aromatic rings. The van der Waals surface area contributed by atoms with E-state index in [-0.39, 0.29) is 22.7 Å². The molecule has 0 saturated heterocycles. The first-order chi connectivity index (χ1) is 9.78. The largest absolute Gasteiger partial charge is 0.504 e. The van der Waals surface area contributed by atoms with Crippen molar-refractivity contribution < 1.29 is 9.84 Å². The predicted molar refractivity (Wildman–Crippen MR) is 87.0 cm³/mol. The van der Waals surface area contributed by atoms with E-state index in [2.05, 4.69) is 15.4 Å². The molecule has 1 aromatic carbocycles. The van der Waals surface area contributed by atoms with Crippen molar-refractivity contribution in [2.45, 2.75) is 13.0 Å². The third-order valence-electron chi connectivity index (χ3n) is 3.53. The van der Waals surface area contributed by atoms with E-state index in [1.807, 2.05) is 24.3 Å². The highest BCUT2D eigenvalue weighted by atomic mass is 79.9. The minimum Gasteiger partial charge on any atom is -0.504 e. The lowest BCUT2D eigenvalue weighted by molar-refractivity contribution is 0.295. The number of aromatic nitrogens is 1. The lowest BCUT2D eigenvalue weighted by Crippen LogP contribution is -2.35. The maximum atomic E-state index is 10.2. The Kier molecular flexibility index (Phi) is 5.03. The lowest BCUT2D eigenvalue weighted by Gasteiger charge is -2.30. The highest BCUT2D eigenvalue weighted by Gasteiger charge is 2.21. The second kappa shape index (κ2) is 6.78. The number of methoxy groups -OCH3 is 1. The fourth-order valence-corrected chi connectivity index (χ4v) is 2.46. The number of hydrazine groups is 1. The van der Waals surface area contributed by atoms with E-state index in [1.54, 1.807) is 19.5 Å².